The minimum atomic E-state index is -2.69. The first-order valence-corrected chi connectivity index (χ1v) is 8.78. The van der Waals surface area contributed by atoms with Crippen LogP contribution in [0.2, 0.25) is 0 Å². The molecule has 3 atom stereocenters. The van der Waals surface area contributed by atoms with Gasteiger partial charge in [0.2, 0.25) is 0 Å². The Bertz CT molecular complexity index is 751. The maximum absolute atomic E-state index is 12.6. The van der Waals surface area contributed by atoms with Gasteiger partial charge in [-0.15, -0.1) is 0 Å². The molecule has 152 valence electrons. The number of hydrogen-bond donors (Lipinski definition) is 5. The van der Waals surface area contributed by atoms with Crippen LogP contribution in [0.4, 0.5) is 14.5 Å². The number of aromatic nitrogens is 1. The summed E-state index contributed by atoms with van der Waals surface area (Å²) < 4.78 is 25.1. The van der Waals surface area contributed by atoms with Crippen LogP contribution in [0.5, 0.6) is 0 Å². The van der Waals surface area contributed by atoms with E-state index < -0.39 is 18.4 Å². The number of aliphatic hydroxyl groups excluding tert-OH is 1. The highest BCUT2D eigenvalue weighted by atomic mass is 19.3. The van der Waals surface area contributed by atoms with Crippen LogP contribution < -0.4 is 16.4 Å². The fourth-order valence-electron chi connectivity index (χ4n) is 3.02. The van der Waals surface area contributed by atoms with Crippen molar-refractivity contribution in [3.63, 3.8) is 0 Å². The maximum atomic E-state index is 12.6. The number of aliphatic hydroxyl groups is 1. The largest absolute Gasteiger partial charge is 0.393 e. The molecule has 0 bridgehead atoms. The van der Waals surface area contributed by atoms with Crippen LogP contribution in [0.25, 0.3) is 0 Å². The van der Waals surface area contributed by atoms with E-state index in [1.165, 1.54) is 12.3 Å². The lowest BCUT2D eigenvalue weighted by molar-refractivity contribution is -0.114. The molecule has 0 unspecified atom stereocenters. The first-order valence-electron chi connectivity index (χ1n) is 8.78. The van der Waals surface area contributed by atoms with Crippen LogP contribution in [0, 0.1) is 11.3 Å². The molecule has 1 aliphatic carbocycles. The van der Waals surface area contributed by atoms with Crippen LogP contribution >= 0.6 is 0 Å². The highest BCUT2D eigenvalue weighted by Crippen LogP contribution is 2.24. The number of amidine groups is 1. The van der Waals surface area contributed by atoms with Crippen LogP contribution in [0.3, 0.4) is 0 Å². The summed E-state index contributed by atoms with van der Waals surface area (Å²) >= 11 is 0. The zero-order valence-electron chi connectivity index (χ0n) is 15.4. The molecule has 1 saturated carbocycles. The summed E-state index contributed by atoms with van der Waals surface area (Å²) in [5.74, 6) is -1.13. The number of nitrogens with two attached hydrogens (primary N) is 1. The number of carbonyl (C=O) groups excluding carboxylic acids is 1. The van der Waals surface area contributed by atoms with Crippen molar-refractivity contribution in [1.29, 1.82) is 5.41 Å². The zero-order valence-corrected chi connectivity index (χ0v) is 15.4. The molecule has 1 aromatic heterocycles. The highest BCUT2D eigenvalue weighted by molar-refractivity contribution is 6.23. The smallest absolute Gasteiger partial charge is 0.280 e. The number of aliphatic imine (C=N–C) groups is 1. The molecule has 1 aromatic rings. The quantitative estimate of drug-likeness (QED) is 0.272. The summed E-state index contributed by atoms with van der Waals surface area (Å²) in [5, 5.41) is 23.6. The molecule has 0 spiro atoms. The molecule has 1 amide bonds. The van der Waals surface area contributed by atoms with E-state index in [1.807, 2.05) is 0 Å². The third-order valence-electron chi connectivity index (χ3n) is 4.47. The Labute approximate surface area is 161 Å². The van der Waals surface area contributed by atoms with E-state index >= 15 is 0 Å². The lowest BCUT2D eigenvalue weighted by Gasteiger charge is -2.32. The number of nitrogens with zero attached hydrogens (tertiary/aromatic N) is 2. The summed E-state index contributed by atoms with van der Waals surface area (Å²) in [6, 6.07) is 2.40. The van der Waals surface area contributed by atoms with Gasteiger partial charge in [-0.2, -0.15) is 0 Å². The topological polar surface area (TPSA) is 136 Å². The monoisotopic (exact) mass is 394 g/mol. The van der Waals surface area contributed by atoms with E-state index in [-0.39, 0.29) is 34.7 Å². The molecule has 8 nitrogen and oxygen atoms in total. The molecule has 2 rings (SSSR count). The van der Waals surface area contributed by atoms with E-state index in [4.69, 9.17) is 11.1 Å². The Hall–Kier alpha value is -2.88. The second-order valence-corrected chi connectivity index (χ2v) is 6.51. The van der Waals surface area contributed by atoms with Gasteiger partial charge < -0.3 is 26.5 Å². The number of alkyl halides is 2. The molecule has 0 radical (unpaired) electrons. The number of nitrogens with one attached hydrogen (secondary N) is 3. The van der Waals surface area contributed by atoms with Gasteiger partial charge in [-0.05, 0) is 31.4 Å². The molecule has 0 aliphatic heterocycles. The van der Waals surface area contributed by atoms with Crippen molar-refractivity contribution in [1.82, 2.24) is 10.3 Å². The Morgan fingerprint density at radius 3 is 2.79 bits per heavy atom. The van der Waals surface area contributed by atoms with Gasteiger partial charge in [-0.25, -0.2) is 8.78 Å². The molecule has 1 aliphatic rings. The Kier molecular flexibility index (Phi) is 7.56. The summed E-state index contributed by atoms with van der Waals surface area (Å²) in [6.07, 6.45) is 3.00. The number of halogens is 2. The minimum absolute atomic E-state index is 0.0210. The van der Waals surface area contributed by atoms with E-state index in [9.17, 15) is 18.7 Å². The van der Waals surface area contributed by atoms with Gasteiger partial charge in [0, 0.05) is 31.4 Å². The maximum Gasteiger partial charge on any atom is 0.280 e. The molecular formula is C18H24F2N6O2. The second kappa shape index (κ2) is 9.88. The van der Waals surface area contributed by atoms with Gasteiger partial charge in [-0.3, -0.25) is 15.2 Å². The Balaban J connectivity index is 2.08. The van der Waals surface area contributed by atoms with Crippen molar-refractivity contribution in [2.24, 2.45) is 16.6 Å². The van der Waals surface area contributed by atoms with Crippen LogP contribution in [0.15, 0.2) is 35.1 Å². The van der Waals surface area contributed by atoms with Gasteiger partial charge in [-0.1, -0.05) is 0 Å². The van der Waals surface area contributed by atoms with Crippen molar-refractivity contribution in [3.8, 4) is 0 Å². The number of amides is 1. The first-order chi connectivity index (χ1) is 13.3. The van der Waals surface area contributed by atoms with E-state index in [0.29, 0.717) is 19.3 Å². The van der Waals surface area contributed by atoms with Gasteiger partial charge in [0.25, 0.3) is 12.3 Å². The molecule has 6 N–H and O–H groups in total. The number of primary amides is 1. The third-order valence-corrected chi connectivity index (χ3v) is 4.47. The number of carbonyl (C=O) groups is 1. The zero-order chi connectivity index (χ0) is 20.7. The van der Waals surface area contributed by atoms with Crippen LogP contribution in [-0.2, 0) is 4.79 Å². The number of hydrogen-bond acceptors (Lipinski definition) is 6. The standard InChI is InChI=1S/C18H24F2N6O2/c1-23-7-10-6-12(27)3-5-14(10)25-9-13(18(22)28)17(21)26-11-2-4-15(16(19)20)24-8-11/h2,4,7-10,12,14,16,25,27H,3,5-6H2,1H3,(H2,21,26)(H2,22,28)/b13-9+,23-7?/t10-,12+,14+/m1/s1. The Morgan fingerprint density at radius 1 is 1.46 bits per heavy atom. The predicted molar refractivity (Wildman–Crippen MR) is 103 cm³/mol. The lowest BCUT2D eigenvalue weighted by Crippen LogP contribution is -2.41. The third kappa shape index (κ3) is 5.81. The fraction of sp³-hybridized carbons (Fsp3) is 0.444. The van der Waals surface area contributed by atoms with Gasteiger partial charge in [0.1, 0.15) is 11.5 Å². The van der Waals surface area contributed by atoms with Crippen molar-refractivity contribution < 1.29 is 18.7 Å². The lowest BCUT2D eigenvalue weighted by atomic mass is 9.83. The number of pyridine rings is 1. The van der Waals surface area contributed by atoms with E-state index in [1.54, 1.807) is 13.3 Å². The van der Waals surface area contributed by atoms with Crippen LogP contribution in [0.1, 0.15) is 31.4 Å². The summed E-state index contributed by atoms with van der Waals surface area (Å²) in [4.78, 5) is 19.4. The minimum Gasteiger partial charge on any atom is -0.393 e. The molecule has 28 heavy (non-hydrogen) atoms. The molecule has 1 heterocycles. The van der Waals surface area contributed by atoms with Gasteiger partial charge >= 0.3 is 0 Å². The van der Waals surface area contributed by atoms with Crippen molar-refractivity contribution in [2.75, 3.05) is 12.4 Å². The van der Waals surface area contributed by atoms with Gasteiger partial charge in [0.15, 0.2) is 0 Å². The number of rotatable bonds is 7. The van der Waals surface area contributed by atoms with Crippen molar-refractivity contribution in [3.05, 3.63) is 35.8 Å². The Morgan fingerprint density at radius 2 is 2.21 bits per heavy atom. The SMILES string of the molecule is CN=C[C@H]1C[C@@H](O)CC[C@@H]1N/C=C(\C(=N)Nc1ccc(C(F)F)nc1)C(N)=O. The normalized spacial score (nSPS) is 23.0. The molecular weight excluding hydrogens is 370 g/mol. The molecule has 0 saturated heterocycles. The molecule has 1 fully saturated rings. The van der Waals surface area contributed by atoms with Crippen molar-refractivity contribution >= 4 is 23.6 Å². The highest BCUT2D eigenvalue weighted by Gasteiger charge is 2.28. The number of anilines is 1. The summed E-state index contributed by atoms with van der Waals surface area (Å²) in [5.41, 5.74) is 5.17. The summed E-state index contributed by atoms with van der Waals surface area (Å²) in [6.45, 7) is 0. The molecule has 10 heteroatoms. The van der Waals surface area contributed by atoms with E-state index in [2.05, 4.69) is 20.6 Å². The van der Waals surface area contributed by atoms with E-state index in [0.717, 1.165) is 12.3 Å². The average molecular weight is 394 g/mol. The second-order valence-electron chi connectivity index (χ2n) is 6.51. The van der Waals surface area contributed by atoms with Crippen LogP contribution in [-0.4, -0.2) is 47.2 Å². The molecule has 0 aromatic carbocycles. The summed E-state index contributed by atoms with van der Waals surface area (Å²) in [7, 11) is 1.65. The average Bonchev–Trinajstić information content (AvgIpc) is 2.64. The first kappa shape index (κ1) is 21.4. The van der Waals surface area contributed by atoms with Gasteiger partial charge in [0.05, 0.1) is 23.6 Å². The predicted octanol–water partition coefficient (Wildman–Crippen LogP) is 1.60. The van der Waals surface area contributed by atoms with Crippen molar-refractivity contribution in [2.45, 2.75) is 37.8 Å². The fourth-order valence-corrected chi connectivity index (χ4v) is 3.02.